The second kappa shape index (κ2) is 6.12. The number of ether oxygens (including phenoxy) is 1. The number of nitrogens with one attached hydrogen (secondary N) is 1. The maximum Gasteiger partial charge on any atom is 0.323 e. The first-order valence-electron chi connectivity index (χ1n) is 5.73. The van der Waals surface area contributed by atoms with E-state index >= 15 is 0 Å². The van der Waals surface area contributed by atoms with Gasteiger partial charge in [-0.1, -0.05) is 0 Å². The molecule has 0 aliphatic carbocycles. The first-order valence-corrected chi connectivity index (χ1v) is 7.21. The summed E-state index contributed by atoms with van der Waals surface area (Å²) in [5.41, 5.74) is 0.267. The standard InChI is InChI=1S/C12H16FNO4S/c1-4-18-12(15)9(3)14-19(16,17)11-6-5-10(13)7-8(11)2/h5-7,9,14H,4H2,1-3H3. The number of sulfonamides is 1. The van der Waals surface area contributed by atoms with Crippen molar-refractivity contribution in [2.45, 2.75) is 31.7 Å². The van der Waals surface area contributed by atoms with Gasteiger partial charge >= 0.3 is 5.97 Å². The molecule has 7 heteroatoms. The largest absolute Gasteiger partial charge is 0.465 e. The minimum absolute atomic E-state index is 0.0648. The number of rotatable bonds is 5. The van der Waals surface area contributed by atoms with Crippen molar-refractivity contribution in [1.29, 1.82) is 0 Å². The molecule has 5 nitrogen and oxygen atoms in total. The molecule has 0 saturated carbocycles. The maximum absolute atomic E-state index is 12.9. The third-order valence-electron chi connectivity index (χ3n) is 2.40. The van der Waals surface area contributed by atoms with E-state index in [2.05, 4.69) is 4.72 Å². The van der Waals surface area contributed by atoms with Crippen LogP contribution >= 0.6 is 0 Å². The molecule has 1 aromatic carbocycles. The van der Waals surface area contributed by atoms with Crippen LogP contribution in [0.1, 0.15) is 19.4 Å². The van der Waals surface area contributed by atoms with Crippen LogP contribution < -0.4 is 4.72 Å². The molecule has 0 aliphatic heterocycles. The molecule has 1 atom stereocenters. The lowest BCUT2D eigenvalue weighted by molar-refractivity contribution is -0.144. The van der Waals surface area contributed by atoms with Crippen LogP contribution in [-0.4, -0.2) is 27.0 Å². The molecular formula is C12H16FNO4S. The molecule has 0 saturated heterocycles. The number of hydrogen-bond donors (Lipinski definition) is 1. The summed E-state index contributed by atoms with van der Waals surface area (Å²) in [4.78, 5) is 11.3. The Kier molecular flexibility index (Phi) is 5.02. The lowest BCUT2D eigenvalue weighted by Crippen LogP contribution is -2.39. The highest BCUT2D eigenvalue weighted by Gasteiger charge is 2.24. The Balaban J connectivity index is 2.95. The molecule has 1 rings (SSSR count). The number of halogens is 1. The number of carbonyl (C=O) groups excluding carboxylic acids is 1. The monoisotopic (exact) mass is 289 g/mol. The molecule has 0 amide bonds. The molecular weight excluding hydrogens is 273 g/mol. The smallest absolute Gasteiger partial charge is 0.323 e. The SMILES string of the molecule is CCOC(=O)C(C)NS(=O)(=O)c1ccc(F)cc1C. The van der Waals surface area contributed by atoms with Crippen molar-refractivity contribution in [3.63, 3.8) is 0 Å². The van der Waals surface area contributed by atoms with Gasteiger partial charge in [-0.3, -0.25) is 4.79 Å². The summed E-state index contributed by atoms with van der Waals surface area (Å²) >= 11 is 0. The van der Waals surface area contributed by atoms with E-state index in [9.17, 15) is 17.6 Å². The van der Waals surface area contributed by atoms with Gasteiger partial charge in [-0.2, -0.15) is 4.72 Å². The Hall–Kier alpha value is -1.47. The minimum Gasteiger partial charge on any atom is -0.465 e. The van der Waals surface area contributed by atoms with Crippen LogP contribution in [0.3, 0.4) is 0 Å². The second-order valence-electron chi connectivity index (χ2n) is 4.00. The molecule has 1 unspecified atom stereocenters. The average molecular weight is 289 g/mol. The summed E-state index contributed by atoms with van der Waals surface area (Å²) in [6.45, 7) is 4.66. The predicted octanol–water partition coefficient (Wildman–Crippen LogP) is 1.36. The number of hydrogen-bond acceptors (Lipinski definition) is 4. The zero-order valence-electron chi connectivity index (χ0n) is 10.9. The van der Waals surface area contributed by atoms with Crippen molar-refractivity contribution in [1.82, 2.24) is 4.72 Å². The van der Waals surface area contributed by atoms with Gasteiger partial charge in [0.05, 0.1) is 11.5 Å². The van der Waals surface area contributed by atoms with E-state index in [1.54, 1.807) is 6.92 Å². The molecule has 0 spiro atoms. The minimum atomic E-state index is -3.89. The molecule has 1 N–H and O–H groups in total. The van der Waals surface area contributed by atoms with Gasteiger partial charge < -0.3 is 4.74 Å². The van der Waals surface area contributed by atoms with Crippen LogP contribution in [0, 0.1) is 12.7 Å². The summed E-state index contributed by atoms with van der Waals surface area (Å²) in [5, 5.41) is 0. The van der Waals surface area contributed by atoms with E-state index in [0.29, 0.717) is 0 Å². The maximum atomic E-state index is 12.9. The fourth-order valence-electron chi connectivity index (χ4n) is 1.53. The topological polar surface area (TPSA) is 72.5 Å². The van der Waals surface area contributed by atoms with Crippen LogP contribution in [0.5, 0.6) is 0 Å². The van der Waals surface area contributed by atoms with E-state index in [0.717, 1.165) is 18.2 Å². The number of aryl methyl sites for hydroxylation is 1. The van der Waals surface area contributed by atoms with Crippen LogP contribution in [0.25, 0.3) is 0 Å². The average Bonchev–Trinajstić information content (AvgIpc) is 2.27. The Morgan fingerprint density at radius 1 is 1.47 bits per heavy atom. The Morgan fingerprint density at radius 2 is 2.11 bits per heavy atom. The van der Waals surface area contributed by atoms with E-state index in [4.69, 9.17) is 4.74 Å². The Morgan fingerprint density at radius 3 is 2.63 bits per heavy atom. The normalized spacial score (nSPS) is 13.1. The van der Waals surface area contributed by atoms with E-state index in [1.165, 1.54) is 13.8 Å². The van der Waals surface area contributed by atoms with Gasteiger partial charge in [0.25, 0.3) is 0 Å². The number of esters is 1. The first kappa shape index (κ1) is 15.6. The molecule has 19 heavy (non-hydrogen) atoms. The highest BCUT2D eigenvalue weighted by atomic mass is 32.2. The third kappa shape index (κ3) is 4.00. The number of carbonyl (C=O) groups is 1. The highest BCUT2D eigenvalue weighted by Crippen LogP contribution is 2.16. The molecule has 1 aromatic rings. The van der Waals surface area contributed by atoms with Crippen LogP contribution in [0.4, 0.5) is 4.39 Å². The number of benzene rings is 1. The van der Waals surface area contributed by atoms with Crippen molar-refractivity contribution in [3.8, 4) is 0 Å². The fourth-order valence-corrected chi connectivity index (χ4v) is 2.94. The van der Waals surface area contributed by atoms with E-state index < -0.39 is 27.9 Å². The highest BCUT2D eigenvalue weighted by molar-refractivity contribution is 7.89. The van der Waals surface area contributed by atoms with Gasteiger partial charge in [0.2, 0.25) is 10.0 Å². The van der Waals surface area contributed by atoms with Crippen LogP contribution in [-0.2, 0) is 19.6 Å². The van der Waals surface area contributed by atoms with Gasteiger partial charge in [0, 0.05) is 0 Å². The molecule has 0 bridgehead atoms. The van der Waals surface area contributed by atoms with E-state index in [1.807, 2.05) is 0 Å². The van der Waals surface area contributed by atoms with Crippen LogP contribution in [0.15, 0.2) is 23.1 Å². The molecule has 0 radical (unpaired) electrons. The summed E-state index contributed by atoms with van der Waals surface area (Å²) in [6.07, 6.45) is 0. The lowest BCUT2D eigenvalue weighted by atomic mass is 10.2. The summed E-state index contributed by atoms with van der Waals surface area (Å²) in [5.74, 6) is -1.18. The Labute approximate surface area is 111 Å². The molecule has 0 fully saturated rings. The van der Waals surface area contributed by atoms with Crippen molar-refractivity contribution in [2.75, 3.05) is 6.61 Å². The van der Waals surface area contributed by atoms with Gasteiger partial charge in [0.15, 0.2) is 0 Å². The van der Waals surface area contributed by atoms with Gasteiger partial charge in [-0.05, 0) is 44.5 Å². The van der Waals surface area contributed by atoms with Crippen molar-refractivity contribution in [2.24, 2.45) is 0 Å². The second-order valence-corrected chi connectivity index (χ2v) is 5.69. The quantitative estimate of drug-likeness (QED) is 0.831. The Bertz CT molecular complexity index is 571. The zero-order valence-corrected chi connectivity index (χ0v) is 11.8. The van der Waals surface area contributed by atoms with Gasteiger partial charge in [-0.15, -0.1) is 0 Å². The van der Waals surface area contributed by atoms with Crippen LogP contribution in [0.2, 0.25) is 0 Å². The zero-order chi connectivity index (χ0) is 14.6. The van der Waals surface area contributed by atoms with Crippen molar-refractivity contribution in [3.05, 3.63) is 29.6 Å². The predicted molar refractivity (Wildman–Crippen MR) is 67.6 cm³/mol. The first-order chi connectivity index (χ1) is 8.77. The van der Waals surface area contributed by atoms with Gasteiger partial charge in [0.1, 0.15) is 11.9 Å². The third-order valence-corrected chi connectivity index (χ3v) is 4.10. The molecule has 0 aromatic heterocycles. The molecule has 106 valence electrons. The molecule has 0 aliphatic rings. The summed E-state index contributed by atoms with van der Waals surface area (Å²) < 4.78 is 43.9. The van der Waals surface area contributed by atoms with Crippen molar-refractivity contribution < 1.29 is 22.3 Å². The molecule has 0 heterocycles. The van der Waals surface area contributed by atoms with Crippen molar-refractivity contribution >= 4 is 16.0 Å². The fraction of sp³-hybridized carbons (Fsp3) is 0.417. The summed E-state index contributed by atoms with van der Waals surface area (Å²) in [6, 6.07) is 2.32. The van der Waals surface area contributed by atoms with Gasteiger partial charge in [-0.25, -0.2) is 12.8 Å². The summed E-state index contributed by atoms with van der Waals surface area (Å²) in [7, 11) is -3.89. The van der Waals surface area contributed by atoms with E-state index in [-0.39, 0.29) is 17.1 Å². The lowest BCUT2D eigenvalue weighted by Gasteiger charge is -2.14.